The van der Waals surface area contributed by atoms with Crippen LogP contribution in [-0.4, -0.2) is 53.1 Å². The van der Waals surface area contributed by atoms with Gasteiger partial charge in [0.2, 0.25) is 0 Å². The van der Waals surface area contributed by atoms with Gasteiger partial charge >= 0.3 is 12.0 Å². The molecule has 82 valence electrons. The van der Waals surface area contributed by atoms with Crippen LogP contribution in [0.25, 0.3) is 0 Å². The van der Waals surface area contributed by atoms with Crippen molar-refractivity contribution >= 4 is 12.0 Å². The highest BCUT2D eigenvalue weighted by molar-refractivity contribution is 5.82. The number of carbonyl (C=O) groups excluding carboxylic acids is 1. The van der Waals surface area contributed by atoms with Crippen LogP contribution < -0.4 is 0 Å². The Labute approximate surface area is 84.3 Å². The number of carbonyl (C=O) groups is 2. The molecule has 5 nitrogen and oxygen atoms in total. The molecule has 0 aliphatic heterocycles. The lowest BCUT2D eigenvalue weighted by molar-refractivity contribution is -0.141. The van der Waals surface area contributed by atoms with Crippen molar-refractivity contribution in [3.05, 3.63) is 0 Å². The minimum Gasteiger partial charge on any atom is -0.480 e. The molecule has 2 amide bonds. The van der Waals surface area contributed by atoms with E-state index < -0.39 is 12.0 Å². The Bertz CT molecular complexity index is 228. The molecule has 0 rings (SSSR count). The Morgan fingerprint density at radius 1 is 1.07 bits per heavy atom. The maximum atomic E-state index is 11.6. The number of amides is 2. The van der Waals surface area contributed by atoms with Crippen LogP contribution in [0.15, 0.2) is 0 Å². The largest absolute Gasteiger partial charge is 0.480 e. The quantitative estimate of drug-likeness (QED) is 0.738. The van der Waals surface area contributed by atoms with E-state index in [1.54, 1.807) is 7.05 Å². The van der Waals surface area contributed by atoms with Gasteiger partial charge in [0, 0.05) is 20.1 Å². The normalized spacial score (nSPS) is 12.4. The Kier molecular flexibility index (Phi) is 4.40. The first-order valence-corrected chi connectivity index (χ1v) is 4.51. The molecule has 0 aromatic carbocycles. The van der Waals surface area contributed by atoms with Gasteiger partial charge < -0.3 is 14.9 Å². The van der Waals surface area contributed by atoms with E-state index in [2.05, 4.69) is 0 Å². The molecule has 0 bridgehead atoms. The van der Waals surface area contributed by atoms with Crippen LogP contribution in [0, 0.1) is 0 Å². The number of carboxylic acid groups (broad SMARTS) is 1. The maximum absolute atomic E-state index is 11.6. The van der Waals surface area contributed by atoms with E-state index in [-0.39, 0.29) is 12.1 Å². The number of hydrogen-bond donors (Lipinski definition) is 1. The fraction of sp³-hybridized carbons (Fsp3) is 0.778. The van der Waals surface area contributed by atoms with Gasteiger partial charge in [-0.15, -0.1) is 0 Å². The zero-order valence-corrected chi connectivity index (χ0v) is 9.31. The predicted molar refractivity (Wildman–Crippen MR) is 53.2 cm³/mol. The molecular formula is C9H18N2O3. The summed E-state index contributed by atoms with van der Waals surface area (Å²) in [6, 6.07) is -1.02. The molecule has 1 N–H and O–H groups in total. The van der Waals surface area contributed by atoms with Crippen molar-refractivity contribution in [1.29, 1.82) is 0 Å². The van der Waals surface area contributed by atoms with Crippen molar-refractivity contribution < 1.29 is 14.7 Å². The lowest BCUT2D eigenvalue weighted by atomic mass is 10.3. The third-order valence-corrected chi connectivity index (χ3v) is 2.32. The second-order valence-electron chi connectivity index (χ2n) is 3.61. The monoisotopic (exact) mass is 202 g/mol. The lowest BCUT2D eigenvalue weighted by Crippen LogP contribution is -2.48. The highest BCUT2D eigenvalue weighted by Crippen LogP contribution is 2.03. The molecule has 0 aliphatic rings. The van der Waals surface area contributed by atoms with Crippen LogP contribution in [0.1, 0.15) is 20.8 Å². The van der Waals surface area contributed by atoms with Crippen molar-refractivity contribution in [1.82, 2.24) is 9.80 Å². The number of carboxylic acids is 1. The topological polar surface area (TPSA) is 60.9 Å². The van der Waals surface area contributed by atoms with Crippen LogP contribution in [-0.2, 0) is 4.79 Å². The minimum absolute atomic E-state index is 0.0611. The number of hydrogen-bond acceptors (Lipinski definition) is 2. The van der Waals surface area contributed by atoms with E-state index in [4.69, 9.17) is 5.11 Å². The summed E-state index contributed by atoms with van der Waals surface area (Å²) in [6.45, 7) is 5.22. The van der Waals surface area contributed by atoms with E-state index in [0.29, 0.717) is 0 Å². The SMILES string of the molecule is CC(C)N(C)C(=O)N(C)C(C)C(=O)O. The molecular weight excluding hydrogens is 184 g/mol. The first-order chi connectivity index (χ1) is 6.29. The van der Waals surface area contributed by atoms with Gasteiger partial charge in [0.15, 0.2) is 0 Å². The smallest absolute Gasteiger partial charge is 0.326 e. The summed E-state index contributed by atoms with van der Waals surface area (Å²) in [7, 11) is 3.14. The Balaban J connectivity index is 4.46. The van der Waals surface area contributed by atoms with Gasteiger partial charge in [-0.3, -0.25) is 0 Å². The molecule has 0 saturated heterocycles. The summed E-state index contributed by atoms with van der Waals surface area (Å²) in [4.78, 5) is 25.0. The molecule has 0 radical (unpaired) electrons. The molecule has 1 unspecified atom stereocenters. The summed E-state index contributed by atoms with van der Waals surface area (Å²) in [6.07, 6.45) is 0. The van der Waals surface area contributed by atoms with Gasteiger partial charge in [0.1, 0.15) is 6.04 Å². The first-order valence-electron chi connectivity index (χ1n) is 4.51. The van der Waals surface area contributed by atoms with Gasteiger partial charge in [-0.05, 0) is 20.8 Å². The lowest BCUT2D eigenvalue weighted by Gasteiger charge is -2.29. The second-order valence-corrected chi connectivity index (χ2v) is 3.61. The predicted octanol–water partition coefficient (Wildman–Crippen LogP) is 0.851. The molecule has 0 saturated carbocycles. The van der Waals surface area contributed by atoms with Crippen LogP contribution in [0.4, 0.5) is 4.79 Å². The molecule has 0 spiro atoms. The van der Waals surface area contributed by atoms with Crippen molar-refractivity contribution in [2.75, 3.05) is 14.1 Å². The zero-order chi connectivity index (χ0) is 11.5. The highest BCUT2D eigenvalue weighted by atomic mass is 16.4. The van der Waals surface area contributed by atoms with E-state index in [9.17, 15) is 9.59 Å². The number of urea groups is 1. The second kappa shape index (κ2) is 4.83. The maximum Gasteiger partial charge on any atom is 0.326 e. The van der Waals surface area contributed by atoms with Crippen LogP contribution >= 0.6 is 0 Å². The Morgan fingerprint density at radius 2 is 1.50 bits per heavy atom. The molecule has 14 heavy (non-hydrogen) atoms. The number of aliphatic carboxylic acids is 1. The van der Waals surface area contributed by atoms with E-state index in [1.165, 1.54) is 23.8 Å². The van der Waals surface area contributed by atoms with Gasteiger partial charge in [-0.2, -0.15) is 0 Å². The van der Waals surface area contributed by atoms with Crippen molar-refractivity contribution in [2.45, 2.75) is 32.9 Å². The Morgan fingerprint density at radius 3 is 1.79 bits per heavy atom. The summed E-state index contributed by atoms with van der Waals surface area (Å²) in [5, 5.41) is 8.71. The molecule has 0 aromatic heterocycles. The standard InChI is InChI=1S/C9H18N2O3/c1-6(2)10(4)9(14)11(5)7(3)8(12)13/h6-7H,1-5H3,(H,12,13). The molecule has 0 fully saturated rings. The van der Waals surface area contributed by atoms with Gasteiger partial charge in [0.25, 0.3) is 0 Å². The number of nitrogens with zero attached hydrogens (tertiary/aromatic N) is 2. The fourth-order valence-electron chi connectivity index (χ4n) is 0.801. The van der Waals surface area contributed by atoms with E-state index in [1.807, 2.05) is 13.8 Å². The highest BCUT2D eigenvalue weighted by Gasteiger charge is 2.24. The van der Waals surface area contributed by atoms with Gasteiger partial charge in [-0.25, -0.2) is 9.59 Å². The van der Waals surface area contributed by atoms with Crippen LogP contribution in [0.3, 0.4) is 0 Å². The molecule has 0 aromatic rings. The molecule has 0 aliphatic carbocycles. The number of rotatable bonds is 3. The summed E-state index contributed by atoms with van der Waals surface area (Å²) in [5.74, 6) is -1.00. The van der Waals surface area contributed by atoms with Crippen molar-refractivity contribution in [3.63, 3.8) is 0 Å². The van der Waals surface area contributed by atoms with Gasteiger partial charge in [0.05, 0.1) is 0 Å². The van der Waals surface area contributed by atoms with Crippen LogP contribution in [0.5, 0.6) is 0 Å². The third-order valence-electron chi connectivity index (χ3n) is 2.32. The van der Waals surface area contributed by atoms with Gasteiger partial charge in [-0.1, -0.05) is 0 Å². The average molecular weight is 202 g/mol. The van der Waals surface area contributed by atoms with Crippen molar-refractivity contribution in [2.24, 2.45) is 0 Å². The summed E-state index contributed by atoms with van der Waals surface area (Å²) in [5.41, 5.74) is 0. The van der Waals surface area contributed by atoms with Crippen molar-refractivity contribution in [3.8, 4) is 0 Å². The Hall–Kier alpha value is -1.26. The van der Waals surface area contributed by atoms with Crippen LogP contribution in [0.2, 0.25) is 0 Å². The fourth-order valence-corrected chi connectivity index (χ4v) is 0.801. The molecule has 1 atom stereocenters. The first kappa shape index (κ1) is 12.7. The zero-order valence-electron chi connectivity index (χ0n) is 9.31. The summed E-state index contributed by atoms with van der Waals surface area (Å²) < 4.78 is 0. The number of likely N-dealkylation sites (N-methyl/N-ethyl adjacent to an activating group) is 1. The third kappa shape index (κ3) is 2.90. The molecule has 5 heteroatoms. The summed E-state index contributed by atoms with van der Waals surface area (Å²) >= 11 is 0. The van der Waals surface area contributed by atoms with E-state index >= 15 is 0 Å². The minimum atomic E-state index is -1.00. The van der Waals surface area contributed by atoms with E-state index in [0.717, 1.165) is 0 Å². The average Bonchev–Trinajstić information content (AvgIpc) is 2.12. The molecule has 0 heterocycles.